The van der Waals surface area contributed by atoms with Crippen LogP contribution in [0.1, 0.15) is 11.1 Å². The molecule has 2 aromatic carbocycles. The Morgan fingerprint density at radius 1 is 0.833 bits per heavy atom. The van der Waals surface area contributed by atoms with E-state index in [1.807, 2.05) is 60.7 Å². The van der Waals surface area contributed by atoms with E-state index >= 15 is 0 Å². The van der Waals surface area contributed by atoms with Crippen molar-refractivity contribution in [3.8, 4) is 0 Å². The van der Waals surface area contributed by atoms with E-state index in [1.165, 1.54) is 11.9 Å². The molecule has 0 amide bonds. The fourth-order valence-electron chi connectivity index (χ4n) is 1.91. The summed E-state index contributed by atoms with van der Waals surface area (Å²) in [6.45, 7) is 0. The topological polar surface area (TPSA) is 35.5 Å². The van der Waals surface area contributed by atoms with Gasteiger partial charge in [0, 0.05) is 5.56 Å². The lowest BCUT2D eigenvalue weighted by Crippen LogP contribution is -2.22. The van der Waals surface area contributed by atoms with E-state index < -0.39 is 0 Å². The second-order valence-electron chi connectivity index (χ2n) is 3.91. The molecule has 3 nitrogen and oxygen atoms in total. The second kappa shape index (κ2) is 4.86. The predicted octanol–water partition coefficient (Wildman–Crippen LogP) is 3.37. The Kier molecular flexibility index (Phi) is 3.06. The Labute approximate surface area is 110 Å². The van der Waals surface area contributed by atoms with Crippen molar-refractivity contribution in [2.24, 2.45) is 0 Å². The van der Waals surface area contributed by atoms with Gasteiger partial charge in [-0.05, 0) is 17.5 Å². The normalized spacial score (nSPS) is 15.3. The Hall–Kier alpha value is -1.75. The highest BCUT2D eigenvalue weighted by atomic mass is 32.2. The molecule has 0 aromatic heterocycles. The number of hydroxylamine groups is 1. The van der Waals surface area contributed by atoms with Gasteiger partial charge in [0.25, 0.3) is 0 Å². The van der Waals surface area contributed by atoms with Gasteiger partial charge in [0.2, 0.25) is 0 Å². The third kappa shape index (κ3) is 2.01. The molecule has 0 aliphatic carbocycles. The van der Waals surface area contributed by atoms with E-state index in [4.69, 9.17) is 0 Å². The molecule has 0 radical (unpaired) electrons. The average molecular weight is 256 g/mol. The summed E-state index contributed by atoms with van der Waals surface area (Å²) in [4.78, 5) is 3.87. The minimum atomic E-state index is 0.784. The summed E-state index contributed by atoms with van der Waals surface area (Å²) in [5.41, 5.74) is 2.86. The summed E-state index contributed by atoms with van der Waals surface area (Å²) in [6, 6.07) is 19.9. The fourth-order valence-corrected chi connectivity index (χ4v) is 2.74. The first-order valence-electron chi connectivity index (χ1n) is 5.63. The molecule has 1 aliphatic heterocycles. The largest absolute Gasteiger partial charge is 0.272 e. The maximum Gasteiger partial charge on any atom is 0.106 e. The van der Waals surface area contributed by atoms with Gasteiger partial charge in [-0.1, -0.05) is 60.7 Å². The van der Waals surface area contributed by atoms with Crippen LogP contribution in [0.2, 0.25) is 0 Å². The molecule has 0 atom stereocenters. The summed E-state index contributed by atoms with van der Waals surface area (Å²) in [5.74, 6) is 0. The standard InChI is InChI=1S/C14H12N2OS/c17-16-13(11-7-3-1-4-8-11)14(18-15-16)12-9-5-2-6-10-12/h1-10,15,17H. The highest BCUT2D eigenvalue weighted by Crippen LogP contribution is 2.39. The first-order chi connectivity index (χ1) is 8.86. The van der Waals surface area contributed by atoms with E-state index in [0.717, 1.165) is 26.9 Å². The van der Waals surface area contributed by atoms with Crippen molar-refractivity contribution in [1.82, 2.24) is 10.0 Å². The molecule has 0 saturated heterocycles. The Bertz CT molecular complexity index is 569. The third-order valence-electron chi connectivity index (χ3n) is 2.74. The lowest BCUT2D eigenvalue weighted by Gasteiger charge is -2.13. The SMILES string of the molecule is ON1NSC(c2ccccc2)=C1c1ccccc1. The Balaban J connectivity index is 2.13. The number of hydrogen-bond donors (Lipinski definition) is 2. The van der Waals surface area contributed by atoms with E-state index in [1.54, 1.807) is 0 Å². The molecular weight excluding hydrogens is 244 g/mol. The van der Waals surface area contributed by atoms with Gasteiger partial charge in [0.05, 0.1) is 4.91 Å². The van der Waals surface area contributed by atoms with E-state index in [-0.39, 0.29) is 0 Å². The minimum absolute atomic E-state index is 0.784. The number of rotatable bonds is 2. The first kappa shape index (κ1) is 11.3. The van der Waals surface area contributed by atoms with Crippen LogP contribution in [0.4, 0.5) is 0 Å². The maximum absolute atomic E-state index is 9.92. The molecule has 0 bridgehead atoms. The lowest BCUT2D eigenvalue weighted by atomic mass is 10.1. The van der Waals surface area contributed by atoms with Gasteiger partial charge in [-0.25, -0.2) is 0 Å². The molecule has 2 N–H and O–H groups in total. The molecular formula is C14H12N2OS. The molecule has 0 spiro atoms. The van der Waals surface area contributed by atoms with Crippen molar-refractivity contribution in [2.45, 2.75) is 0 Å². The van der Waals surface area contributed by atoms with E-state index in [9.17, 15) is 5.21 Å². The molecule has 0 fully saturated rings. The molecule has 18 heavy (non-hydrogen) atoms. The van der Waals surface area contributed by atoms with Gasteiger partial charge in [0.1, 0.15) is 5.70 Å². The summed E-state index contributed by atoms with van der Waals surface area (Å²) in [6.07, 6.45) is 0. The predicted molar refractivity (Wildman–Crippen MR) is 74.1 cm³/mol. The summed E-state index contributed by atoms with van der Waals surface area (Å²) < 4.78 is 0. The number of nitrogens with one attached hydrogen (secondary N) is 1. The molecule has 4 heteroatoms. The number of nitrogens with zero attached hydrogens (tertiary/aromatic N) is 1. The van der Waals surface area contributed by atoms with Crippen LogP contribution in [-0.4, -0.2) is 10.4 Å². The van der Waals surface area contributed by atoms with E-state index in [0.29, 0.717) is 0 Å². The zero-order chi connectivity index (χ0) is 12.4. The van der Waals surface area contributed by atoms with Crippen LogP contribution < -0.4 is 4.83 Å². The maximum atomic E-state index is 9.92. The monoisotopic (exact) mass is 256 g/mol. The van der Waals surface area contributed by atoms with Crippen LogP contribution in [0.15, 0.2) is 60.7 Å². The van der Waals surface area contributed by atoms with Crippen molar-refractivity contribution in [3.05, 3.63) is 71.8 Å². The number of hydrogen-bond acceptors (Lipinski definition) is 4. The van der Waals surface area contributed by atoms with Crippen LogP contribution in [0.3, 0.4) is 0 Å². The van der Waals surface area contributed by atoms with Gasteiger partial charge in [-0.3, -0.25) is 5.21 Å². The number of benzene rings is 2. The summed E-state index contributed by atoms with van der Waals surface area (Å²) in [5, 5.41) is 11.0. The van der Waals surface area contributed by atoms with Crippen LogP contribution in [0.25, 0.3) is 10.6 Å². The average Bonchev–Trinajstić information content (AvgIpc) is 2.83. The molecule has 3 rings (SSSR count). The van der Waals surface area contributed by atoms with Crippen molar-refractivity contribution in [2.75, 3.05) is 0 Å². The highest BCUT2D eigenvalue weighted by molar-refractivity contribution is 8.07. The summed E-state index contributed by atoms with van der Waals surface area (Å²) >= 11 is 1.41. The van der Waals surface area contributed by atoms with Gasteiger partial charge < -0.3 is 0 Å². The molecule has 2 aromatic rings. The van der Waals surface area contributed by atoms with Crippen LogP contribution >= 0.6 is 11.9 Å². The van der Waals surface area contributed by atoms with Crippen LogP contribution in [0.5, 0.6) is 0 Å². The van der Waals surface area contributed by atoms with Crippen molar-refractivity contribution >= 4 is 22.6 Å². The zero-order valence-corrected chi connectivity index (χ0v) is 10.4. The molecule has 0 unspecified atom stereocenters. The van der Waals surface area contributed by atoms with E-state index in [2.05, 4.69) is 4.83 Å². The zero-order valence-electron chi connectivity index (χ0n) is 9.58. The first-order valence-corrected chi connectivity index (χ1v) is 6.44. The van der Waals surface area contributed by atoms with Crippen LogP contribution in [0, 0.1) is 0 Å². The van der Waals surface area contributed by atoms with Gasteiger partial charge in [0.15, 0.2) is 0 Å². The lowest BCUT2D eigenvalue weighted by molar-refractivity contribution is -0.0434. The molecule has 0 saturated carbocycles. The fraction of sp³-hybridized carbons (Fsp3) is 0. The molecule has 1 heterocycles. The Morgan fingerprint density at radius 3 is 2.00 bits per heavy atom. The minimum Gasteiger partial charge on any atom is -0.272 e. The third-order valence-corrected chi connectivity index (χ3v) is 3.64. The number of hydrazine groups is 1. The summed E-state index contributed by atoms with van der Waals surface area (Å²) in [7, 11) is 0. The second-order valence-corrected chi connectivity index (χ2v) is 4.71. The molecule has 90 valence electrons. The van der Waals surface area contributed by atoms with Crippen molar-refractivity contribution in [1.29, 1.82) is 0 Å². The van der Waals surface area contributed by atoms with Crippen LogP contribution in [-0.2, 0) is 0 Å². The van der Waals surface area contributed by atoms with Crippen molar-refractivity contribution < 1.29 is 5.21 Å². The van der Waals surface area contributed by atoms with Gasteiger partial charge in [-0.2, -0.15) is 5.17 Å². The highest BCUT2D eigenvalue weighted by Gasteiger charge is 2.24. The van der Waals surface area contributed by atoms with Gasteiger partial charge >= 0.3 is 0 Å². The quantitative estimate of drug-likeness (QED) is 0.808. The van der Waals surface area contributed by atoms with Gasteiger partial charge in [-0.15, -0.1) is 4.83 Å². The smallest absolute Gasteiger partial charge is 0.106 e. The Morgan fingerprint density at radius 2 is 1.39 bits per heavy atom. The van der Waals surface area contributed by atoms with Crippen molar-refractivity contribution in [3.63, 3.8) is 0 Å². The molecule has 1 aliphatic rings.